The zero-order chi connectivity index (χ0) is 22.7. The molecule has 2 aromatic carbocycles. The zero-order valence-corrected chi connectivity index (χ0v) is 18.8. The number of imidazole rings is 1. The minimum Gasteiger partial charge on any atom is -0.494 e. The maximum absolute atomic E-state index is 13.7. The number of ether oxygens (including phenoxy) is 2. The number of amides is 1. The lowest BCUT2D eigenvalue weighted by atomic mass is 9.89. The summed E-state index contributed by atoms with van der Waals surface area (Å²) in [5.41, 5.74) is 2.50. The van der Waals surface area contributed by atoms with E-state index < -0.39 is 17.9 Å². The highest BCUT2D eigenvalue weighted by molar-refractivity contribution is 6.08. The molecule has 7 heteroatoms. The number of carbonyl (C=O) groups excluding carboxylic acids is 2. The summed E-state index contributed by atoms with van der Waals surface area (Å²) in [7, 11) is 0. The number of benzene rings is 2. The molecule has 168 valence electrons. The van der Waals surface area contributed by atoms with Crippen LogP contribution < -0.4 is 9.64 Å². The van der Waals surface area contributed by atoms with Crippen molar-refractivity contribution in [2.24, 2.45) is 5.92 Å². The van der Waals surface area contributed by atoms with Crippen LogP contribution in [0, 0.1) is 5.92 Å². The maximum atomic E-state index is 13.7. The van der Waals surface area contributed by atoms with Gasteiger partial charge in [-0.1, -0.05) is 37.6 Å². The Morgan fingerprint density at radius 2 is 1.78 bits per heavy atom. The molecule has 1 amide bonds. The molecular formula is C25H29N3O4. The van der Waals surface area contributed by atoms with E-state index in [0.29, 0.717) is 19.1 Å². The first-order valence-corrected chi connectivity index (χ1v) is 11.3. The number of para-hydroxylation sites is 2. The van der Waals surface area contributed by atoms with Crippen molar-refractivity contribution in [3.63, 3.8) is 0 Å². The fourth-order valence-corrected chi connectivity index (χ4v) is 4.30. The first kappa shape index (κ1) is 21.9. The molecule has 0 fully saturated rings. The van der Waals surface area contributed by atoms with Gasteiger partial charge in [-0.25, -0.2) is 4.98 Å². The minimum absolute atomic E-state index is 0.213. The van der Waals surface area contributed by atoms with Gasteiger partial charge in [0, 0.05) is 6.54 Å². The molecular weight excluding hydrogens is 406 g/mol. The van der Waals surface area contributed by atoms with Crippen LogP contribution in [-0.2, 0) is 14.3 Å². The van der Waals surface area contributed by atoms with Gasteiger partial charge >= 0.3 is 5.97 Å². The Morgan fingerprint density at radius 3 is 2.47 bits per heavy atom. The smallest absolute Gasteiger partial charge is 0.321 e. The van der Waals surface area contributed by atoms with Gasteiger partial charge in [-0.15, -0.1) is 0 Å². The summed E-state index contributed by atoms with van der Waals surface area (Å²) in [6, 6.07) is 14.8. The third-order valence-electron chi connectivity index (χ3n) is 5.75. The number of rotatable bonds is 8. The van der Waals surface area contributed by atoms with Gasteiger partial charge in [0.05, 0.1) is 30.3 Å². The SMILES string of the molecule is CCCCN1C(=O)C(C(=O)OCC)C(c2ccc(OCC)cc2)n2c1nc1ccccc12. The van der Waals surface area contributed by atoms with Crippen molar-refractivity contribution in [2.75, 3.05) is 24.7 Å². The quantitative estimate of drug-likeness (QED) is 0.388. The van der Waals surface area contributed by atoms with Crippen molar-refractivity contribution in [3.05, 3.63) is 54.1 Å². The summed E-state index contributed by atoms with van der Waals surface area (Å²) < 4.78 is 13.0. The minimum atomic E-state index is -0.991. The molecule has 0 aliphatic carbocycles. The molecule has 0 radical (unpaired) electrons. The topological polar surface area (TPSA) is 73.7 Å². The number of anilines is 1. The van der Waals surface area contributed by atoms with E-state index in [1.807, 2.05) is 60.0 Å². The van der Waals surface area contributed by atoms with Crippen LogP contribution in [0.1, 0.15) is 45.2 Å². The lowest BCUT2D eigenvalue weighted by Crippen LogP contribution is -2.50. The standard InChI is InChI=1S/C25H29N3O4/c1-4-7-16-27-23(29)21(24(30)32-6-3)22(17-12-14-18(15-13-17)31-5-2)28-20-11-9-8-10-19(20)26-25(27)28/h8-15,21-22H,4-7,16H2,1-3H3. The molecule has 4 rings (SSSR count). The predicted octanol–water partition coefficient (Wildman–Crippen LogP) is 4.35. The van der Waals surface area contributed by atoms with Gasteiger partial charge < -0.3 is 14.0 Å². The van der Waals surface area contributed by atoms with Crippen molar-refractivity contribution in [3.8, 4) is 5.75 Å². The summed E-state index contributed by atoms with van der Waals surface area (Å²) in [6.07, 6.45) is 1.74. The number of hydrogen-bond acceptors (Lipinski definition) is 5. The van der Waals surface area contributed by atoms with Crippen LogP contribution in [0.3, 0.4) is 0 Å². The fourth-order valence-electron chi connectivity index (χ4n) is 4.30. The van der Waals surface area contributed by atoms with E-state index >= 15 is 0 Å². The highest BCUT2D eigenvalue weighted by atomic mass is 16.5. The third kappa shape index (κ3) is 3.83. The number of fused-ring (bicyclic) bond motifs is 3. The van der Waals surface area contributed by atoms with E-state index in [2.05, 4.69) is 6.92 Å². The molecule has 0 saturated heterocycles. The Bertz CT molecular complexity index is 1110. The van der Waals surface area contributed by atoms with Crippen LogP contribution in [0.5, 0.6) is 5.75 Å². The van der Waals surface area contributed by atoms with Gasteiger partial charge in [0.1, 0.15) is 5.75 Å². The summed E-state index contributed by atoms with van der Waals surface area (Å²) in [4.78, 5) is 33.2. The molecule has 0 bridgehead atoms. The monoisotopic (exact) mass is 435 g/mol. The van der Waals surface area contributed by atoms with Crippen LogP contribution in [-0.4, -0.2) is 41.2 Å². The molecule has 0 N–H and O–H groups in total. The van der Waals surface area contributed by atoms with E-state index in [1.165, 1.54) is 0 Å². The lowest BCUT2D eigenvalue weighted by Gasteiger charge is -2.38. The van der Waals surface area contributed by atoms with E-state index in [0.717, 1.165) is 35.2 Å². The number of esters is 1. The van der Waals surface area contributed by atoms with E-state index in [-0.39, 0.29) is 12.5 Å². The van der Waals surface area contributed by atoms with Gasteiger partial charge in [-0.2, -0.15) is 0 Å². The van der Waals surface area contributed by atoms with Crippen LogP contribution >= 0.6 is 0 Å². The molecule has 3 aromatic rings. The maximum Gasteiger partial charge on any atom is 0.321 e. The lowest BCUT2D eigenvalue weighted by molar-refractivity contribution is -0.153. The summed E-state index contributed by atoms with van der Waals surface area (Å²) in [6.45, 7) is 7.04. The molecule has 2 unspecified atom stereocenters. The van der Waals surface area contributed by atoms with Crippen molar-refractivity contribution in [2.45, 2.75) is 39.7 Å². The Hall–Kier alpha value is -3.35. The summed E-state index contributed by atoms with van der Waals surface area (Å²) >= 11 is 0. The van der Waals surface area contributed by atoms with Crippen LogP contribution in [0.15, 0.2) is 48.5 Å². The highest BCUT2D eigenvalue weighted by Crippen LogP contribution is 2.41. The zero-order valence-electron chi connectivity index (χ0n) is 18.8. The number of nitrogens with zero attached hydrogens (tertiary/aromatic N) is 3. The van der Waals surface area contributed by atoms with Crippen molar-refractivity contribution >= 4 is 28.9 Å². The molecule has 2 heterocycles. The average Bonchev–Trinajstić information content (AvgIpc) is 3.18. The van der Waals surface area contributed by atoms with E-state index in [4.69, 9.17) is 14.5 Å². The van der Waals surface area contributed by atoms with Gasteiger partial charge in [-0.3, -0.25) is 14.5 Å². The van der Waals surface area contributed by atoms with Crippen molar-refractivity contribution in [1.82, 2.24) is 9.55 Å². The molecule has 32 heavy (non-hydrogen) atoms. The van der Waals surface area contributed by atoms with Gasteiger partial charge in [0.25, 0.3) is 0 Å². The summed E-state index contributed by atoms with van der Waals surface area (Å²) in [5, 5.41) is 0. The highest BCUT2D eigenvalue weighted by Gasteiger charge is 2.47. The first-order valence-electron chi connectivity index (χ1n) is 11.3. The van der Waals surface area contributed by atoms with Crippen molar-refractivity contribution < 1.29 is 19.1 Å². The average molecular weight is 436 g/mol. The fraction of sp³-hybridized carbons (Fsp3) is 0.400. The van der Waals surface area contributed by atoms with Gasteiger partial charge in [0.15, 0.2) is 5.92 Å². The Morgan fingerprint density at radius 1 is 1.03 bits per heavy atom. The molecule has 1 aromatic heterocycles. The number of aromatic nitrogens is 2. The largest absolute Gasteiger partial charge is 0.494 e. The second kappa shape index (κ2) is 9.42. The van der Waals surface area contributed by atoms with Crippen LogP contribution in [0.25, 0.3) is 11.0 Å². The summed E-state index contributed by atoms with van der Waals surface area (Å²) in [5.74, 6) is -0.454. The molecule has 0 spiro atoms. The molecule has 0 saturated carbocycles. The predicted molar refractivity (Wildman–Crippen MR) is 123 cm³/mol. The van der Waals surface area contributed by atoms with Gasteiger partial charge in [0.2, 0.25) is 11.9 Å². The Kier molecular flexibility index (Phi) is 6.44. The second-order valence-electron chi connectivity index (χ2n) is 7.79. The number of hydrogen-bond donors (Lipinski definition) is 0. The number of unbranched alkanes of at least 4 members (excludes halogenated alkanes) is 1. The van der Waals surface area contributed by atoms with E-state index in [9.17, 15) is 9.59 Å². The second-order valence-corrected chi connectivity index (χ2v) is 7.79. The Labute approximate surface area is 187 Å². The normalized spacial score (nSPS) is 18.0. The van der Waals surface area contributed by atoms with Gasteiger partial charge in [-0.05, 0) is 50.1 Å². The molecule has 1 aliphatic heterocycles. The number of carbonyl (C=O) groups is 2. The van der Waals surface area contributed by atoms with Crippen molar-refractivity contribution in [1.29, 1.82) is 0 Å². The molecule has 2 atom stereocenters. The van der Waals surface area contributed by atoms with E-state index in [1.54, 1.807) is 11.8 Å². The van der Waals surface area contributed by atoms with Crippen LogP contribution in [0.2, 0.25) is 0 Å². The first-order chi connectivity index (χ1) is 15.6. The Balaban J connectivity index is 1.92. The molecule has 7 nitrogen and oxygen atoms in total. The van der Waals surface area contributed by atoms with Crippen LogP contribution in [0.4, 0.5) is 5.95 Å². The molecule has 1 aliphatic rings. The third-order valence-corrected chi connectivity index (χ3v) is 5.75.